The lowest BCUT2D eigenvalue weighted by atomic mass is 9.99. The van der Waals surface area contributed by atoms with E-state index in [2.05, 4.69) is 10.9 Å². The molecule has 0 spiro atoms. The highest BCUT2D eigenvalue weighted by atomic mass is 32.1. The second kappa shape index (κ2) is 9.41. The summed E-state index contributed by atoms with van der Waals surface area (Å²) in [4.78, 5) is 26.2. The minimum Gasteiger partial charge on any atom is -0.493 e. The van der Waals surface area contributed by atoms with Crippen molar-refractivity contribution in [3.63, 3.8) is 0 Å². The van der Waals surface area contributed by atoms with Crippen LogP contribution in [0, 0.1) is 0 Å². The zero-order valence-electron chi connectivity index (χ0n) is 16.0. The maximum Gasteiger partial charge on any atom is 0.279 e. The van der Waals surface area contributed by atoms with Gasteiger partial charge in [0, 0.05) is 4.88 Å². The van der Waals surface area contributed by atoms with Crippen molar-refractivity contribution in [2.75, 3.05) is 13.7 Å². The Kier molecular flexibility index (Phi) is 6.71. The number of thiophene rings is 1. The molecule has 3 rings (SSSR count). The number of aryl methyl sites for hydroxylation is 2. The lowest BCUT2D eigenvalue weighted by Gasteiger charge is -2.11. The van der Waals surface area contributed by atoms with E-state index in [4.69, 9.17) is 9.47 Å². The molecule has 0 unspecified atom stereocenters. The molecule has 2 aromatic rings. The van der Waals surface area contributed by atoms with Crippen molar-refractivity contribution >= 4 is 29.2 Å². The molecule has 0 fully saturated rings. The number of rotatable bonds is 6. The number of fused-ring (bicyclic) bond motifs is 1. The molecule has 1 aromatic carbocycles. The van der Waals surface area contributed by atoms with Gasteiger partial charge in [-0.25, -0.2) is 0 Å². The van der Waals surface area contributed by atoms with Gasteiger partial charge in [0.2, 0.25) is 0 Å². The van der Waals surface area contributed by atoms with Crippen LogP contribution in [-0.4, -0.2) is 25.5 Å². The van der Waals surface area contributed by atoms with Crippen LogP contribution < -0.4 is 20.3 Å². The Morgan fingerprint density at radius 1 is 1.14 bits per heavy atom. The second-order valence-corrected chi connectivity index (χ2v) is 7.60. The van der Waals surface area contributed by atoms with E-state index in [-0.39, 0.29) is 12.5 Å². The Balaban J connectivity index is 1.50. The monoisotopic (exact) mass is 400 g/mol. The van der Waals surface area contributed by atoms with E-state index in [9.17, 15) is 9.59 Å². The molecule has 2 amide bonds. The van der Waals surface area contributed by atoms with E-state index in [0.29, 0.717) is 16.4 Å². The molecule has 1 aliphatic carbocycles. The Hall–Kier alpha value is -2.80. The highest BCUT2D eigenvalue weighted by Crippen LogP contribution is 2.30. The average molecular weight is 401 g/mol. The Labute approximate surface area is 168 Å². The predicted octanol–water partition coefficient (Wildman–Crippen LogP) is 3.51. The molecule has 0 saturated heterocycles. The molecule has 0 atom stereocenters. The van der Waals surface area contributed by atoms with E-state index in [1.807, 2.05) is 37.3 Å². The molecule has 1 aliphatic rings. The van der Waals surface area contributed by atoms with Crippen LogP contribution >= 0.6 is 11.3 Å². The Morgan fingerprint density at radius 3 is 2.71 bits per heavy atom. The van der Waals surface area contributed by atoms with Crippen LogP contribution in [0.5, 0.6) is 11.5 Å². The van der Waals surface area contributed by atoms with Crippen LogP contribution in [0.4, 0.5) is 0 Å². The number of allylic oxidation sites excluding steroid dienone is 1. The third-order valence-electron chi connectivity index (χ3n) is 4.44. The minimum absolute atomic E-state index is 0.236. The van der Waals surface area contributed by atoms with Crippen LogP contribution in [-0.2, 0) is 17.6 Å². The number of methoxy groups -OCH3 is 1. The van der Waals surface area contributed by atoms with E-state index in [0.717, 1.165) is 24.8 Å². The van der Waals surface area contributed by atoms with Gasteiger partial charge in [-0.3, -0.25) is 20.4 Å². The highest BCUT2D eigenvalue weighted by Gasteiger charge is 2.17. The Morgan fingerprint density at radius 2 is 1.96 bits per heavy atom. The zero-order valence-corrected chi connectivity index (χ0v) is 16.9. The van der Waals surface area contributed by atoms with E-state index in [1.165, 1.54) is 28.2 Å². The van der Waals surface area contributed by atoms with Gasteiger partial charge in [0.15, 0.2) is 18.1 Å². The first-order chi connectivity index (χ1) is 13.6. The van der Waals surface area contributed by atoms with Gasteiger partial charge in [0.1, 0.15) is 0 Å². The Bertz CT molecular complexity index is 865. The van der Waals surface area contributed by atoms with E-state index in [1.54, 1.807) is 13.2 Å². The predicted molar refractivity (Wildman–Crippen MR) is 110 cm³/mol. The van der Waals surface area contributed by atoms with Crippen molar-refractivity contribution in [1.82, 2.24) is 10.9 Å². The highest BCUT2D eigenvalue weighted by molar-refractivity contribution is 7.14. The summed E-state index contributed by atoms with van der Waals surface area (Å²) in [7, 11) is 1.54. The molecule has 148 valence electrons. The third kappa shape index (κ3) is 4.92. The van der Waals surface area contributed by atoms with Crippen molar-refractivity contribution in [1.29, 1.82) is 0 Å². The molecule has 1 aromatic heterocycles. The van der Waals surface area contributed by atoms with Crippen molar-refractivity contribution in [3.05, 3.63) is 51.2 Å². The van der Waals surface area contributed by atoms with Crippen LogP contribution in [0.2, 0.25) is 0 Å². The lowest BCUT2D eigenvalue weighted by Crippen LogP contribution is -2.43. The molecule has 0 bridgehead atoms. The fraction of sp³-hybridized carbons (Fsp3) is 0.333. The molecule has 0 aliphatic heterocycles. The van der Waals surface area contributed by atoms with Gasteiger partial charge in [-0.05, 0) is 61.9 Å². The van der Waals surface area contributed by atoms with Crippen LogP contribution in [0.1, 0.15) is 45.4 Å². The minimum atomic E-state index is -0.450. The van der Waals surface area contributed by atoms with Crippen molar-refractivity contribution in [2.45, 2.75) is 32.6 Å². The maximum atomic E-state index is 12.3. The van der Waals surface area contributed by atoms with Crippen LogP contribution in [0.3, 0.4) is 0 Å². The first-order valence-electron chi connectivity index (χ1n) is 9.25. The second-order valence-electron chi connectivity index (χ2n) is 6.47. The third-order valence-corrected chi connectivity index (χ3v) is 5.68. The normalized spacial score (nSPS) is 13.1. The number of ether oxygens (including phenoxy) is 2. The smallest absolute Gasteiger partial charge is 0.279 e. The number of amides is 2. The molecule has 2 N–H and O–H groups in total. The molecule has 6 nitrogen and oxygen atoms in total. The quantitative estimate of drug-likeness (QED) is 0.728. The van der Waals surface area contributed by atoms with Gasteiger partial charge < -0.3 is 9.47 Å². The summed E-state index contributed by atoms with van der Waals surface area (Å²) in [5.41, 5.74) is 7.07. The number of benzene rings is 1. The van der Waals surface area contributed by atoms with Crippen molar-refractivity contribution < 1.29 is 19.1 Å². The SMILES string of the molecule is C/C=C/c1ccc(OCC(=O)NNC(=O)c2cc3c(s2)CCCC3)c(OC)c1. The maximum absolute atomic E-state index is 12.3. The number of hydrogen-bond acceptors (Lipinski definition) is 5. The number of hydrogen-bond donors (Lipinski definition) is 2. The molecule has 7 heteroatoms. The summed E-state index contributed by atoms with van der Waals surface area (Å²) in [6.07, 6.45) is 8.25. The molecule has 28 heavy (non-hydrogen) atoms. The fourth-order valence-corrected chi connectivity index (χ4v) is 4.22. The van der Waals surface area contributed by atoms with Gasteiger partial charge in [0.05, 0.1) is 12.0 Å². The lowest BCUT2D eigenvalue weighted by molar-refractivity contribution is -0.123. The fourth-order valence-electron chi connectivity index (χ4n) is 3.07. The first kappa shape index (κ1) is 19.9. The van der Waals surface area contributed by atoms with Crippen LogP contribution in [0.25, 0.3) is 6.08 Å². The summed E-state index contributed by atoms with van der Waals surface area (Å²) in [5, 5.41) is 0. The van der Waals surface area contributed by atoms with Crippen LogP contribution in [0.15, 0.2) is 30.3 Å². The number of carbonyl (C=O) groups is 2. The van der Waals surface area contributed by atoms with Crippen molar-refractivity contribution in [2.24, 2.45) is 0 Å². The van der Waals surface area contributed by atoms with Gasteiger partial charge >= 0.3 is 0 Å². The van der Waals surface area contributed by atoms with Gasteiger partial charge in [-0.1, -0.05) is 18.2 Å². The summed E-state index contributed by atoms with van der Waals surface area (Å²) in [6.45, 7) is 1.70. The van der Waals surface area contributed by atoms with E-state index >= 15 is 0 Å². The number of carbonyl (C=O) groups excluding carboxylic acids is 2. The number of nitrogens with one attached hydrogen (secondary N) is 2. The molecular formula is C21H24N2O4S. The molecular weight excluding hydrogens is 376 g/mol. The van der Waals surface area contributed by atoms with E-state index < -0.39 is 5.91 Å². The van der Waals surface area contributed by atoms with Gasteiger partial charge in [-0.15, -0.1) is 11.3 Å². The van der Waals surface area contributed by atoms with Crippen molar-refractivity contribution in [3.8, 4) is 11.5 Å². The summed E-state index contributed by atoms with van der Waals surface area (Å²) in [6, 6.07) is 7.37. The summed E-state index contributed by atoms with van der Waals surface area (Å²) < 4.78 is 10.8. The topological polar surface area (TPSA) is 76.7 Å². The summed E-state index contributed by atoms with van der Waals surface area (Å²) >= 11 is 1.50. The van der Waals surface area contributed by atoms with Gasteiger partial charge in [-0.2, -0.15) is 0 Å². The standard InChI is InChI=1S/C21H24N2O4S/c1-3-6-14-9-10-16(17(11-14)26-2)27-13-20(24)22-23-21(25)19-12-15-7-4-5-8-18(15)28-19/h3,6,9-12H,4-5,7-8,13H2,1-2H3,(H,22,24)(H,23,25)/b6-3+. The average Bonchev–Trinajstić information content (AvgIpc) is 3.15. The zero-order chi connectivity index (χ0) is 19.9. The summed E-state index contributed by atoms with van der Waals surface area (Å²) in [5.74, 6) is 0.245. The van der Waals surface area contributed by atoms with Gasteiger partial charge in [0.25, 0.3) is 11.8 Å². The largest absolute Gasteiger partial charge is 0.493 e. The molecule has 0 saturated carbocycles. The molecule has 0 radical (unpaired) electrons. The number of hydrazine groups is 1. The molecule has 1 heterocycles. The first-order valence-corrected chi connectivity index (χ1v) is 10.1.